The standard InChI is InChI=1S/C19H24N2O4/c1-21(14-8-10-15(24-2)11-9-14)12-16-17(19(22)23)20-18(25-16)13-6-4-3-5-7-13/h3-7,14-15H,8-12H2,1-2H3,(H,22,23). The fourth-order valence-corrected chi connectivity index (χ4v) is 3.41. The van der Waals surface area contributed by atoms with Crippen LogP contribution in [0.1, 0.15) is 41.9 Å². The summed E-state index contributed by atoms with van der Waals surface area (Å²) in [6.07, 6.45) is 4.48. The molecule has 6 heteroatoms. The molecule has 1 aromatic heterocycles. The van der Waals surface area contributed by atoms with Crippen molar-refractivity contribution in [3.05, 3.63) is 41.8 Å². The van der Waals surface area contributed by atoms with E-state index in [4.69, 9.17) is 9.15 Å². The number of carbonyl (C=O) groups is 1. The van der Waals surface area contributed by atoms with Gasteiger partial charge in [-0.1, -0.05) is 18.2 Å². The largest absolute Gasteiger partial charge is 0.476 e. The Labute approximate surface area is 147 Å². The average molecular weight is 344 g/mol. The summed E-state index contributed by atoms with van der Waals surface area (Å²) in [5.74, 6) is -0.301. The van der Waals surface area contributed by atoms with E-state index in [-0.39, 0.29) is 5.69 Å². The van der Waals surface area contributed by atoms with E-state index < -0.39 is 5.97 Å². The summed E-state index contributed by atoms with van der Waals surface area (Å²) in [7, 11) is 3.77. The number of nitrogens with zero attached hydrogens (tertiary/aromatic N) is 2. The van der Waals surface area contributed by atoms with Crippen LogP contribution in [-0.2, 0) is 11.3 Å². The monoisotopic (exact) mass is 344 g/mol. The molecule has 1 aliphatic rings. The number of benzene rings is 1. The normalized spacial score (nSPS) is 20.8. The molecule has 0 radical (unpaired) electrons. The van der Waals surface area contributed by atoms with Gasteiger partial charge in [0.05, 0.1) is 12.6 Å². The molecule has 0 amide bonds. The Morgan fingerprint density at radius 1 is 1.28 bits per heavy atom. The molecule has 0 aliphatic heterocycles. The van der Waals surface area contributed by atoms with Crippen molar-refractivity contribution in [3.63, 3.8) is 0 Å². The van der Waals surface area contributed by atoms with Crippen LogP contribution < -0.4 is 0 Å². The fraction of sp³-hybridized carbons (Fsp3) is 0.474. The molecule has 1 aromatic carbocycles. The molecular weight excluding hydrogens is 320 g/mol. The van der Waals surface area contributed by atoms with Crippen LogP contribution in [0.25, 0.3) is 11.5 Å². The molecule has 25 heavy (non-hydrogen) atoms. The van der Waals surface area contributed by atoms with Gasteiger partial charge in [-0.15, -0.1) is 0 Å². The molecule has 1 aliphatic carbocycles. The third-order valence-electron chi connectivity index (χ3n) is 4.91. The molecule has 1 fully saturated rings. The Kier molecular flexibility index (Phi) is 5.50. The van der Waals surface area contributed by atoms with Crippen LogP contribution in [0.15, 0.2) is 34.7 Å². The van der Waals surface area contributed by atoms with E-state index in [1.54, 1.807) is 7.11 Å². The van der Waals surface area contributed by atoms with Gasteiger partial charge in [0.15, 0.2) is 11.5 Å². The van der Waals surface area contributed by atoms with E-state index >= 15 is 0 Å². The summed E-state index contributed by atoms with van der Waals surface area (Å²) < 4.78 is 11.2. The Balaban J connectivity index is 1.75. The zero-order chi connectivity index (χ0) is 17.8. The van der Waals surface area contributed by atoms with Crippen molar-refractivity contribution < 1.29 is 19.1 Å². The minimum absolute atomic E-state index is 0.00344. The first-order chi connectivity index (χ1) is 12.1. The lowest BCUT2D eigenvalue weighted by Gasteiger charge is -2.33. The number of carboxylic acid groups (broad SMARTS) is 1. The first-order valence-electron chi connectivity index (χ1n) is 8.60. The highest BCUT2D eigenvalue weighted by Gasteiger charge is 2.27. The van der Waals surface area contributed by atoms with Crippen LogP contribution in [0.3, 0.4) is 0 Å². The number of aromatic nitrogens is 1. The third-order valence-corrected chi connectivity index (χ3v) is 4.91. The first kappa shape index (κ1) is 17.6. The van der Waals surface area contributed by atoms with Crippen molar-refractivity contribution in [1.29, 1.82) is 0 Å². The molecule has 1 heterocycles. The van der Waals surface area contributed by atoms with E-state index in [1.807, 2.05) is 37.4 Å². The van der Waals surface area contributed by atoms with Gasteiger partial charge >= 0.3 is 5.97 Å². The maximum absolute atomic E-state index is 11.5. The van der Waals surface area contributed by atoms with Gasteiger partial charge in [-0.3, -0.25) is 4.90 Å². The first-order valence-corrected chi connectivity index (χ1v) is 8.60. The molecule has 2 aromatic rings. The number of ether oxygens (including phenoxy) is 1. The van der Waals surface area contributed by atoms with E-state index in [0.717, 1.165) is 31.2 Å². The molecule has 6 nitrogen and oxygen atoms in total. The van der Waals surface area contributed by atoms with E-state index in [0.29, 0.717) is 30.3 Å². The van der Waals surface area contributed by atoms with Gasteiger partial charge in [-0.05, 0) is 44.9 Å². The lowest BCUT2D eigenvalue weighted by Crippen LogP contribution is -2.36. The highest BCUT2D eigenvalue weighted by atomic mass is 16.5. The van der Waals surface area contributed by atoms with Gasteiger partial charge in [-0.2, -0.15) is 0 Å². The van der Waals surface area contributed by atoms with Crippen LogP contribution in [0.2, 0.25) is 0 Å². The number of hydrogen-bond donors (Lipinski definition) is 1. The highest BCUT2D eigenvalue weighted by molar-refractivity contribution is 5.87. The number of rotatable bonds is 6. The van der Waals surface area contributed by atoms with Gasteiger partial charge < -0.3 is 14.3 Å². The van der Waals surface area contributed by atoms with Gasteiger partial charge in [0.1, 0.15) is 0 Å². The second-order valence-electron chi connectivity index (χ2n) is 6.54. The van der Waals surface area contributed by atoms with Gasteiger partial charge in [-0.25, -0.2) is 9.78 Å². The quantitative estimate of drug-likeness (QED) is 0.865. The van der Waals surface area contributed by atoms with Crippen LogP contribution in [0, 0.1) is 0 Å². The second-order valence-corrected chi connectivity index (χ2v) is 6.54. The molecule has 134 valence electrons. The SMILES string of the molecule is COC1CCC(N(C)Cc2oc(-c3ccccc3)nc2C(=O)O)CC1. The molecule has 0 unspecified atom stereocenters. The Morgan fingerprint density at radius 3 is 2.56 bits per heavy atom. The lowest BCUT2D eigenvalue weighted by molar-refractivity contribution is 0.0414. The van der Waals surface area contributed by atoms with Crippen molar-refractivity contribution in [2.45, 2.75) is 44.4 Å². The molecule has 0 saturated heterocycles. The number of methoxy groups -OCH3 is 1. The van der Waals surface area contributed by atoms with E-state index in [9.17, 15) is 9.90 Å². The fourth-order valence-electron chi connectivity index (χ4n) is 3.41. The average Bonchev–Trinajstić information content (AvgIpc) is 3.06. The summed E-state index contributed by atoms with van der Waals surface area (Å²) in [5.41, 5.74) is 0.774. The van der Waals surface area contributed by atoms with Crippen molar-refractivity contribution in [1.82, 2.24) is 9.88 Å². The Bertz CT molecular complexity index is 705. The Hall–Kier alpha value is -2.18. The predicted octanol–water partition coefficient (Wildman–Crippen LogP) is 3.43. The Morgan fingerprint density at radius 2 is 1.96 bits per heavy atom. The van der Waals surface area contributed by atoms with Gasteiger partial charge in [0.2, 0.25) is 5.89 Å². The van der Waals surface area contributed by atoms with E-state index in [1.165, 1.54) is 0 Å². The minimum Gasteiger partial charge on any atom is -0.476 e. The summed E-state index contributed by atoms with van der Waals surface area (Å²) in [5, 5.41) is 9.46. The molecule has 1 saturated carbocycles. The van der Waals surface area contributed by atoms with Gasteiger partial charge in [0.25, 0.3) is 0 Å². The number of carboxylic acids is 1. The maximum Gasteiger partial charge on any atom is 0.358 e. The van der Waals surface area contributed by atoms with Crippen molar-refractivity contribution in [2.24, 2.45) is 0 Å². The molecule has 0 bridgehead atoms. The van der Waals surface area contributed by atoms with Crippen molar-refractivity contribution in [2.75, 3.05) is 14.2 Å². The molecular formula is C19H24N2O4. The topological polar surface area (TPSA) is 75.8 Å². The highest BCUT2D eigenvalue weighted by Crippen LogP contribution is 2.27. The zero-order valence-electron chi connectivity index (χ0n) is 14.6. The molecule has 0 atom stereocenters. The van der Waals surface area contributed by atoms with Gasteiger partial charge in [0, 0.05) is 18.7 Å². The number of hydrogen-bond acceptors (Lipinski definition) is 5. The summed E-state index contributed by atoms with van der Waals surface area (Å²) >= 11 is 0. The maximum atomic E-state index is 11.5. The van der Waals surface area contributed by atoms with Crippen LogP contribution in [0.4, 0.5) is 0 Å². The predicted molar refractivity (Wildman–Crippen MR) is 93.4 cm³/mol. The second kappa shape index (κ2) is 7.80. The van der Waals surface area contributed by atoms with Crippen LogP contribution in [-0.4, -0.2) is 47.3 Å². The summed E-state index contributed by atoms with van der Waals surface area (Å²) in [4.78, 5) is 17.9. The molecule has 0 spiro atoms. The summed E-state index contributed by atoms with van der Waals surface area (Å²) in [6.45, 7) is 0.434. The number of oxazole rings is 1. The van der Waals surface area contributed by atoms with Crippen molar-refractivity contribution in [3.8, 4) is 11.5 Å². The van der Waals surface area contributed by atoms with Crippen LogP contribution >= 0.6 is 0 Å². The van der Waals surface area contributed by atoms with E-state index in [2.05, 4.69) is 9.88 Å². The van der Waals surface area contributed by atoms with Crippen LogP contribution in [0.5, 0.6) is 0 Å². The van der Waals surface area contributed by atoms with Crippen molar-refractivity contribution >= 4 is 5.97 Å². The molecule has 1 N–H and O–H groups in total. The third kappa shape index (κ3) is 4.08. The number of aromatic carboxylic acids is 1. The lowest BCUT2D eigenvalue weighted by atomic mass is 9.92. The smallest absolute Gasteiger partial charge is 0.358 e. The zero-order valence-corrected chi connectivity index (χ0v) is 14.6. The minimum atomic E-state index is -1.06. The summed E-state index contributed by atoms with van der Waals surface area (Å²) in [6, 6.07) is 9.77. The molecule has 3 rings (SSSR count).